The standard InChI is InChI=1S/C11H9NO5/c13-7-3-1-6(2-4-7)5-8(11(16)17)12-9(14)10(12)15/h1-4,8,13H,5H2,(H,16,17)/t8-/m0/s1. The second-order valence-electron chi connectivity index (χ2n) is 3.70. The molecule has 1 aromatic heterocycles. The zero-order chi connectivity index (χ0) is 12.6. The number of aromatic nitrogens is 1. The highest BCUT2D eigenvalue weighted by atomic mass is 16.4. The van der Waals surface area contributed by atoms with Crippen LogP contribution >= 0.6 is 0 Å². The molecule has 0 radical (unpaired) electrons. The van der Waals surface area contributed by atoms with Crippen LogP contribution in [0.5, 0.6) is 5.75 Å². The minimum absolute atomic E-state index is 0.0348. The number of carboxylic acid groups (broad SMARTS) is 1. The Morgan fingerprint density at radius 1 is 1.18 bits per heavy atom. The van der Waals surface area contributed by atoms with Gasteiger partial charge in [0, 0.05) is 6.42 Å². The Labute approximate surface area is 95.1 Å². The number of rotatable bonds is 4. The van der Waals surface area contributed by atoms with Crippen LogP contribution in [0, 0.1) is 0 Å². The fourth-order valence-electron chi connectivity index (χ4n) is 1.57. The molecule has 2 aromatic rings. The van der Waals surface area contributed by atoms with Crippen LogP contribution in [0.3, 0.4) is 0 Å². The largest absolute Gasteiger partial charge is 0.508 e. The summed E-state index contributed by atoms with van der Waals surface area (Å²) in [6.45, 7) is 0. The molecule has 1 aromatic carbocycles. The predicted octanol–water partition coefficient (Wildman–Crippen LogP) is -0.342. The van der Waals surface area contributed by atoms with Gasteiger partial charge in [-0.15, -0.1) is 0 Å². The maximum absolute atomic E-state index is 10.9. The second-order valence-corrected chi connectivity index (χ2v) is 3.70. The Hall–Kier alpha value is -2.37. The summed E-state index contributed by atoms with van der Waals surface area (Å²) in [5, 5.41) is 18.0. The lowest BCUT2D eigenvalue weighted by Crippen LogP contribution is -2.21. The van der Waals surface area contributed by atoms with Crippen LogP contribution in [0.4, 0.5) is 0 Å². The van der Waals surface area contributed by atoms with Gasteiger partial charge in [0.05, 0.1) is 0 Å². The summed E-state index contributed by atoms with van der Waals surface area (Å²) in [6.07, 6.45) is 0.0348. The van der Waals surface area contributed by atoms with Crippen LogP contribution in [0.2, 0.25) is 0 Å². The van der Waals surface area contributed by atoms with E-state index in [0.29, 0.717) is 5.56 Å². The highest BCUT2D eigenvalue weighted by molar-refractivity contribution is 5.72. The fourth-order valence-corrected chi connectivity index (χ4v) is 1.57. The average molecular weight is 235 g/mol. The Kier molecular flexibility index (Phi) is 2.55. The molecular weight excluding hydrogens is 226 g/mol. The zero-order valence-electron chi connectivity index (χ0n) is 8.66. The fraction of sp³-hybridized carbons (Fsp3) is 0.182. The van der Waals surface area contributed by atoms with Gasteiger partial charge in [0.25, 0.3) is 0 Å². The van der Waals surface area contributed by atoms with Crippen LogP contribution in [-0.4, -0.2) is 20.7 Å². The van der Waals surface area contributed by atoms with Crippen molar-refractivity contribution in [2.24, 2.45) is 0 Å². The molecule has 1 atom stereocenters. The van der Waals surface area contributed by atoms with Crippen molar-refractivity contribution in [3.05, 3.63) is 50.5 Å². The molecule has 2 N–H and O–H groups in total. The molecule has 2 rings (SSSR count). The molecule has 0 bridgehead atoms. The molecule has 0 spiro atoms. The molecule has 0 fully saturated rings. The lowest BCUT2D eigenvalue weighted by atomic mass is 10.1. The minimum atomic E-state index is -1.22. The number of phenolic OH excluding ortho intramolecular Hbond substituents is 1. The van der Waals surface area contributed by atoms with Crippen LogP contribution < -0.4 is 11.1 Å². The number of phenols is 1. The second kappa shape index (κ2) is 3.89. The van der Waals surface area contributed by atoms with E-state index in [1.165, 1.54) is 12.1 Å². The highest BCUT2D eigenvalue weighted by Crippen LogP contribution is 2.16. The van der Waals surface area contributed by atoms with E-state index >= 15 is 0 Å². The lowest BCUT2D eigenvalue weighted by Gasteiger charge is -2.08. The van der Waals surface area contributed by atoms with Gasteiger partial charge in [-0.2, -0.15) is 0 Å². The first-order valence-electron chi connectivity index (χ1n) is 4.89. The van der Waals surface area contributed by atoms with Gasteiger partial charge in [-0.3, -0.25) is 14.2 Å². The number of carboxylic acids is 1. The number of hydrogen-bond acceptors (Lipinski definition) is 4. The van der Waals surface area contributed by atoms with E-state index in [0.717, 1.165) is 4.57 Å². The van der Waals surface area contributed by atoms with E-state index in [-0.39, 0.29) is 12.2 Å². The van der Waals surface area contributed by atoms with E-state index in [9.17, 15) is 14.4 Å². The molecule has 0 amide bonds. The van der Waals surface area contributed by atoms with Crippen molar-refractivity contribution in [1.29, 1.82) is 0 Å². The highest BCUT2D eigenvalue weighted by Gasteiger charge is 2.30. The molecule has 6 nitrogen and oxygen atoms in total. The van der Waals surface area contributed by atoms with E-state index in [2.05, 4.69) is 0 Å². The van der Waals surface area contributed by atoms with Crippen LogP contribution in [0.25, 0.3) is 0 Å². The van der Waals surface area contributed by atoms with E-state index in [1.54, 1.807) is 12.1 Å². The zero-order valence-corrected chi connectivity index (χ0v) is 8.66. The van der Waals surface area contributed by atoms with Gasteiger partial charge in [0.15, 0.2) is 0 Å². The third kappa shape index (κ3) is 2.10. The van der Waals surface area contributed by atoms with Crippen LogP contribution in [0.1, 0.15) is 11.6 Å². The van der Waals surface area contributed by atoms with Crippen molar-refractivity contribution in [2.45, 2.75) is 12.5 Å². The van der Waals surface area contributed by atoms with Gasteiger partial charge < -0.3 is 10.2 Å². The molecule has 0 saturated carbocycles. The Bertz CT molecular complexity index is 593. The number of aromatic hydroxyl groups is 1. The summed E-state index contributed by atoms with van der Waals surface area (Å²) in [7, 11) is 0. The van der Waals surface area contributed by atoms with Crippen molar-refractivity contribution in [3.8, 4) is 5.75 Å². The van der Waals surface area contributed by atoms with Gasteiger partial charge in [-0.1, -0.05) is 12.1 Å². The first-order valence-corrected chi connectivity index (χ1v) is 4.89. The molecule has 0 aliphatic rings. The molecule has 0 saturated heterocycles. The quantitative estimate of drug-likeness (QED) is 0.706. The van der Waals surface area contributed by atoms with Crippen LogP contribution in [-0.2, 0) is 11.2 Å². The number of carbonyl (C=O) groups is 1. The smallest absolute Gasteiger partial charge is 0.327 e. The van der Waals surface area contributed by atoms with Crippen molar-refractivity contribution < 1.29 is 15.0 Å². The summed E-state index contributed by atoms with van der Waals surface area (Å²) in [4.78, 5) is 32.7. The van der Waals surface area contributed by atoms with Crippen molar-refractivity contribution in [3.63, 3.8) is 0 Å². The van der Waals surface area contributed by atoms with Crippen molar-refractivity contribution in [2.75, 3.05) is 0 Å². The first kappa shape index (κ1) is 11.1. The van der Waals surface area contributed by atoms with Gasteiger partial charge in [0.2, 0.25) is 0 Å². The summed E-state index contributed by atoms with van der Waals surface area (Å²) < 4.78 is 0.717. The molecule has 0 aliphatic heterocycles. The van der Waals surface area contributed by atoms with Crippen molar-refractivity contribution in [1.82, 2.24) is 4.57 Å². The van der Waals surface area contributed by atoms with Crippen LogP contribution in [0.15, 0.2) is 33.9 Å². The van der Waals surface area contributed by atoms with Gasteiger partial charge >= 0.3 is 17.1 Å². The molecule has 6 heteroatoms. The minimum Gasteiger partial charge on any atom is -0.508 e. The molecular formula is C11H9NO5. The molecule has 17 heavy (non-hydrogen) atoms. The third-order valence-corrected chi connectivity index (χ3v) is 2.53. The summed E-state index contributed by atoms with van der Waals surface area (Å²) in [6, 6.07) is 4.76. The normalized spacial score (nSPS) is 12.7. The summed E-state index contributed by atoms with van der Waals surface area (Å²) in [5.41, 5.74) is -0.907. The maximum atomic E-state index is 10.9. The molecule has 1 heterocycles. The lowest BCUT2D eigenvalue weighted by molar-refractivity contribution is -0.140. The average Bonchev–Trinajstić information content (AvgIpc) is 2.86. The van der Waals surface area contributed by atoms with Gasteiger partial charge in [0.1, 0.15) is 11.8 Å². The van der Waals surface area contributed by atoms with Crippen molar-refractivity contribution >= 4 is 5.97 Å². The van der Waals surface area contributed by atoms with Gasteiger partial charge in [-0.25, -0.2) is 4.79 Å². The molecule has 88 valence electrons. The monoisotopic (exact) mass is 235 g/mol. The third-order valence-electron chi connectivity index (χ3n) is 2.53. The maximum Gasteiger partial charge on any atom is 0.327 e. The Balaban J connectivity index is 2.23. The van der Waals surface area contributed by atoms with E-state index < -0.39 is 23.1 Å². The number of benzene rings is 1. The Morgan fingerprint density at radius 3 is 2.12 bits per heavy atom. The Morgan fingerprint density at radius 2 is 1.71 bits per heavy atom. The topological polar surface area (TPSA) is 96.6 Å². The van der Waals surface area contributed by atoms with E-state index in [1.807, 2.05) is 0 Å². The summed E-state index contributed by atoms with van der Waals surface area (Å²) >= 11 is 0. The number of hydrogen-bond donors (Lipinski definition) is 2. The molecule has 0 unspecified atom stereocenters. The number of aliphatic carboxylic acids is 1. The van der Waals surface area contributed by atoms with Gasteiger partial charge in [-0.05, 0) is 17.7 Å². The number of nitrogens with zero attached hydrogens (tertiary/aromatic N) is 1. The summed E-state index contributed by atoms with van der Waals surface area (Å²) in [5.74, 6) is -1.16. The van der Waals surface area contributed by atoms with E-state index in [4.69, 9.17) is 10.2 Å². The first-order chi connectivity index (χ1) is 8.00. The SMILES string of the molecule is O=C(O)[C@H](Cc1ccc(O)cc1)n1c(=O)c1=O. The molecule has 0 aliphatic carbocycles. The predicted molar refractivity (Wildman–Crippen MR) is 57.8 cm³/mol.